The van der Waals surface area contributed by atoms with E-state index in [1.165, 1.54) is 24.5 Å². The molecule has 2 heterocycles. The second-order valence-electron chi connectivity index (χ2n) is 7.41. The molecule has 0 spiro atoms. The number of benzene rings is 1. The van der Waals surface area contributed by atoms with E-state index in [0.717, 1.165) is 22.8 Å². The number of hydrogen-bond donors (Lipinski definition) is 1. The highest BCUT2D eigenvalue weighted by molar-refractivity contribution is 6.03. The van der Waals surface area contributed by atoms with Crippen LogP contribution >= 0.6 is 0 Å². The normalized spacial score (nSPS) is 11.6. The van der Waals surface area contributed by atoms with Crippen molar-refractivity contribution in [2.45, 2.75) is 26.6 Å². The molecular formula is C21H20F4N4O3. The molecule has 3 rings (SSSR count). The fourth-order valence-electron chi connectivity index (χ4n) is 2.92. The van der Waals surface area contributed by atoms with Crippen molar-refractivity contribution in [3.05, 3.63) is 70.7 Å². The number of nitrogens with one attached hydrogen (secondary N) is 1. The Balaban J connectivity index is 1.90. The van der Waals surface area contributed by atoms with Gasteiger partial charge in [-0.2, -0.15) is 18.3 Å². The molecule has 3 aromatic rings. The average Bonchev–Trinajstić information content (AvgIpc) is 3.12. The lowest BCUT2D eigenvalue weighted by Crippen LogP contribution is -2.28. The van der Waals surface area contributed by atoms with Gasteiger partial charge in [-0.25, -0.2) is 4.39 Å². The molecule has 0 atom stereocenters. The van der Waals surface area contributed by atoms with E-state index in [1.54, 1.807) is 10.9 Å². The van der Waals surface area contributed by atoms with Crippen LogP contribution in [0.25, 0.3) is 5.69 Å². The fraction of sp³-hybridized carbons (Fsp3) is 0.286. The zero-order valence-electron chi connectivity index (χ0n) is 17.2. The van der Waals surface area contributed by atoms with E-state index < -0.39 is 35.8 Å². The number of aromatic nitrogens is 3. The third kappa shape index (κ3) is 5.74. The monoisotopic (exact) mass is 452 g/mol. The van der Waals surface area contributed by atoms with Gasteiger partial charge >= 0.3 is 6.18 Å². The number of hydrogen-bond acceptors (Lipinski definition) is 4. The predicted molar refractivity (Wildman–Crippen MR) is 109 cm³/mol. The smallest absolute Gasteiger partial charge is 0.422 e. The number of carbonyl (C=O) groups is 1. The lowest BCUT2D eigenvalue weighted by atomic mass is 10.2. The highest BCUT2D eigenvalue weighted by atomic mass is 19.4. The third-order valence-corrected chi connectivity index (χ3v) is 4.21. The number of pyridine rings is 1. The molecule has 0 saturated heterocycles. The van der Waals surface area contributed by atoms with Crippen molar-refractivity contribution >= 4 is 11.6 Å². The maximum absolute atomic E-state index is 13.6. The van der Waals surface area contributed by atoms with Crippen molar-refractivity contribution in [3.8, 4) is 11.4 Å². The SMILES string of the molecule is CC(C)Cn1cc(NC(=O)c2cccn(-c3ccc(F)cc3OCC(F)(F)F)c2=O)cn1. The van der Waals surface area contributed by atoms with Gasteiger partial charge in [0.2, 0.25) is 0 Å². The highest BCUT2D eigenvalue weighted by Crippen LogP contribution is 2.26. The van der Waals surface area contributed by atoms with E-state index in [0.29, 0.717) is 18.2 Å². The largest absolute Gasteiger partial charge is 0.482 e. The minimum atomic E-state index is -4.66. The van der Waals surface area contributed by atoms with Crippen molar-refractivity contribution < 1.29 is 27.1 Å². The Morgan fingerprint density at radius 2 is 2.00 bits per heavy atom. The standard InChI is InChI=1S/C21H20F4N4O3/c1-13(2)10-28-11-15(9-26-28)27-19(30)16-4-3-7-29(20(16)31)17-6-5-14(22)8-18(17)32-12-21(23,24)25/h3-9,11,13H,10,12H2,1-2H3,(H,27,30). The van der Waals surface area contributed by atoms with Gasteiger partial charge in [0.15, 0.2) is 6.61 Å². The maximum atomic E-state index is 13.6. The van der Waals surface area contributed by atoms with E-state index in [-0.39, 0.29) is 11.3 Å². The third-order valence-electron chi connectivity index (χ3n) is 4.21. The first-order valence-electron chi connectivity index (χ1n) is 9.58. The minimum absolute atomic E-state index is 0.139. The van der Waals surface area contributed by atoms with Gasteiger partial charge in [0.05, 0.1) is 17.6 Å². The van der Waals surface area contributed by atoms with Crippen LogP contribution in [0.5, 0.6) is 5.75 Å². The molecule has 0 unspecified atom stereocenters. The van der Waals surface area contributed by atoms with Crippen LogP contribution in [0.2, 0.25) is 0 Å². The molecule has 7 nitrogen and oxygen atoms in total. The topological polar surface area (TPSA) is 78.1 Å². The maximum Gasteiger partial charge on any atom is 0.422 e. The van der Waals surface area contributed by atoms with Gasteiger partial charge in [-0.1, -0.05) is 13.8 Å². The van der Waals surface area contributed by atoms with Gasteiger partial charge in [0.25, 0.3) is 11.5 Å². The van der Waals surface area contributed by atoms with E-state index >= 15 is 0 Å². The first-order chi connectivity index (χ1) is 15.0. The molecule has 2 aromatic heterocycles. The van der Waals surface area contributed by atoms with E-state index in [2.05, 4.69) is 15.2 Å². The van der Waals surface area contributed by atoms with Crippen LogP contribution in [0.4, 0.5) is 23.2 Å². The Kier molecular flexibility index (Phi) is 6.66. The molecule has 0 aliphatic heterocycles. The van der Waals surface area contributed by atoms with E-state index in [9.17, 15) is 27.2 Å². The van der Waals surface area contributed by atoms with Gasteiger partial charge in [-0.05, 0) is 30.2 Å². The summed E-state index contributed by atoms with van der Waals surface area (Å²) < 4.78 is 58.5. The summed E-state index contributed by atoms with van der Waals surface area (Å²) in [6, 6.07) is 5.45. The van der Waals surface area contributed by atoms with Crippen LogP contribution in [-0.4, -0.2) is 33.0 Å². The second kappa shape index (κ2) is 9.25. The molecule has 0 saturated carbocycles. The molecule has 1 aromatic carbocycles. The number of carbonyl (C=O) groups excluding carboxylic acids is 1. The van der Waals surface area contributed by atoms with Crippen molar-refractivity contribution in [2.75, 3.05) is 11.9 Å². The summed E-state index contributed by atoms with van der Waals surface area (Å²) in [5.74, 6) is -1.72. The molecule has 0 bridgehead atoms. The van der Waals surface area contributed by atoms with Crippen LogP contribution in [-0.2, 0) is 6.54 Å². The molecule has 0 aliphatic carbocycles. The number of nitrogens with zero attached hydrogens (tertiary/aromatic N) is 3. The first-order valence-corrected chi connectivity index (χ1v) is 9.58. The zero-order valence-corrected chi connectivity index (χ0v) is 17.2. The molecule has 0 fully saturated rings. The lowest BCUT2D eigenvalue weighted by Gasteiger charge is -2.15. The van der Waals surface area contributed by atoms with Gasteiger partial charge in [-0.15, -0.1) is 0 Å². The Bertz CT molecular complexity index is 1170. The summed E-state index contributed by atoms with van der Waals surface area (Å²) in [5.41, 5.74) is -0.847. The Morgan fingerprint density at radius 3 is 2.69 bits per heavy atom. The first kappa shape index (κ1) is 23.0. The second-order valence-corrected chi connectivity index (χ2v) is 7.41. The van der Waals surface area contributed by atoms with Gasteiger partial charge in [-0.3, -0.25) is 18.8 Å². The molecule has 11 heteroatoms. The molecule has 170 valence electrons. The molecule has 32 heavy (non-hydrogen) atoms. The van der Waals surface area contributed by atoms with E-state index in [1.807, 2.05) is 13.8 Å². The summed E-state index contributed by atoms with van der Waals surface area (Å²) in [6.07, 6.45) is -0.364. The Labute approximate surface area is 180 Å². The zero-order chi connectivity index (χ0) is 23.5. The molecule has 0 radical (unpaired) electrons. The van der Waals surface area contributed by atoms with Crippen LogP contribution in [0.1, 0.15) is 24.2 Å². The molecule has 0 aliphatic rings. The van der Waals surface area contributed by atoms with Crippen LogP contribution in [0.3, 0.4) is 0 Å². The van der Waals surface area contributed by atoms with Gasteiger partial charge in [0.1, 0.15) is 17.1 Å². The number of ether oxygens (including phenoxy) is 1. The lowest BCUT2D eigenvalue weighted by molar-refractivity contribution is -0.153. The van der Waals surface area contributed by atoms with Gasteiger partial charge in [0, 0.05) is 25.0 Å². The van der Waals surface area contributed by atoms with Crippen molar-refractivity contribution in [3.63, 3.8) is 0 Å². The number of amides is 1. The number of anilines is 1. The Hall–Kier alpha value is -3.63. The quantitative estimate of drug-likeness (QED) is 0.550. The minimum Gasteiger partial charge on any atom is -0.482 e. The summed E-state index contributed by atoms with van der Waals surface area (Å²) in [7, 11) is 0. The van der Waals surface area contributed by atoms with Crippen molar-refractivity contribution in [2.24, 2.45) is 5.92 Å². The Morgan fingerprint density at radius 1 is 1.25 bits per heavy atom. The van der Waals surface area contributed by atoms with Crippen LogP contribution in [0, 0.1) is 11.7 Å². The van der Waals surface area contributed by atoms with Crippen molar-refractivity contribution in [1.29, 1.82) is 0 Å². The summed E-state index contributed by atoms with van der Waals surface area (Å²) in [4.78, 5) is 25.5. The van der Waals surface area contributed by atoms with E-state index in [4.69, 9.17) is 0 Å². The average molecular weight is 452 g/mol. The molecule has 1 N–H and O–H groups in total. The number of alkyl halides is 3. The predicted octanol–water partition coefficient (Wildman–Crippen LogP) is 4.02. The molecular weight excluding hydrogens is 432 g/mol. The van der Waals surface area contributed by atoms with Gasteiger partial charge < -0.3 is 10.1 Å². The fourth-order valence-corrected chi connectivity index (χ4v) is 2.92. The number of rotatable bonds is 7. The summed E-state index contributed by atoms with van der Waals surface area (Å²) >= 11 is 0. The summed E-state index contributed by atoms with van der Waals surface area (Å²) in [5, 5.41) is 6.69. The van der Waals surface area contributed by atoms with Crippen LogP contribution in [0.15, 0.2) is 53.7 Å². The van der Waals surface area contributed by atoms with Crippen LogP contribution < -0.4 is 15.6 Å². The summed E-state index contributed by atoms with van der Waals surface area (Å²) in [6.45, 7) is 2.99. The molecule has 1 amide bonds. The number of halogens is 4. The highest BCUT2D eigenvalue weighted by Gasteiger charge is 2.29. The van der Waals surface area contributed by atoms with Crippen molar-refractivity contribution in [1.82, 2.24) is 14.3 Å².